The van der Waals surface area contributed by atoms with Gasteiger partial charge in [0.1, 0.15) is 0 Å². The van der Waals surface area contributed by atoms with Crippen molar-refractivity contribution in [1.29, 1.82) is 0 Å². The molecule has 0 aliphatic carbocycles. The monoisotopic (exact) mass is 98.1 g/mol. The third-order valence-corrected chi connectivity index (χ3v) is 0.752. The molecule has 0 aliphatic rings. The molecule has 0 fully saturated rings. The summed E-state index contributed by atoms with van der Waals surface area (Å²) in [6.45, 7) is 5.61. The molecule has 0 aliphatic heterocycles. The largest absolute Gasteiger partial charge is 0.322 e. The van der Waals surface area contributed by atoms with Crippen molar-refractivity contribution in [3.8, 4) is 0 Å². The summed E-state index contributed by atoms with van der Waals surface area (Å²) in [4.78, 5) is 0. The van der Waals surface area contributed by atoms with Gasteiger partial charge in [-0.3, -0.25) is 0 Å². The van der Waals surface area contributed by atoms with E-state index < -0.39 is 0 Å². The third kappa shape index (κ3) is 3.27. The maximum Gasteiger partial charge on any atom is 0.0952 e. The Morgan fingerprint density at radius 2 is 2.29 bits per heavy atom. The van der Waals surface area contributed by atoms with Crippen LogP contribution >= 0.6 is 0 Å². The number of hydrogen-bond donors (Lipinski definition) is 1. The van der Waals surface area contributed by atoms with Crippen LogP contribution in [-0.2, 0) is 0 Å². The van der Waals surface area contributed by atoms with Gasteiger partial charge in [-0.05, 0) is 6.92 Å². The average molecular weight is 98.2 g/mol. The molecule has 0 aromatic rings. The number of rotatable bonds is 2. The van der Waals surface area contributed by atoms with Crippen LogP contribution in [0.4, 0.5) is 0 Å². The Kier molecular flexibility index (Phi) is 3.33. The van der Waals surface area contributed by atoms with E-state index in [1.165, 1.54) is 5.57 Å². The minimum Gasteiger partial charge on any atom is -0.322 e. The molecule has 0 unspecified atom stereocenters. The molecule has 0 amide bonds. The summed E-state index contributed by atoms with van der Waals surface area (Å²) in [7, 11) is 1.99. The molecule has 0 aromatic heterocycles. The van der Waals surface area contributed by atoms with Gasteiger partial charge in [-0.25, -0.2) is 0 Å². The Hall–Kier alpha value is -0.560. The Morgan fingerprint density at radius 3 is 2.43 bits per heavy atom. The molecule has 0 rings (SSSR count). The van der Waals surface area contributed by atoms with Gasteiger partial charge in [-0.1, -0.05) is 12.7 Å². The van der Waals surface area contributed by atoms with Gasteiger partial charge in [-0.2, -0.15) is 0 Å². The zero-order valence-corrected chi connectivity index (χ0v) is 4.94. The van der Waals surface area contributed by atoms with Crippen molar-refractivity contribution >= 4 is 0 Å². The topological polar surface area (TPSA) is 16.6 Å². The number of hydrogen-bond acceptors (Lipinski definition) is 0. The smallest absolute Gasteiger partial charge is 0.0952 e. The van der Waals surface area contributed by atoms with Crippen LogP contribution in [0.5, 0.6) is 0 Å². The summed E-state index contributed by atoms with van der Waals surface area (Å²) in [5, 5.41) is 2.00. The fourth-order valence-corrected chi connectivity index (χ4v) is 0.331. The fraction of sp³-hybridized carbons (Fsp3) is 0.333. The zero-order valence-electron chi connectivity index (χ0n) is 4.94. The summed E-state index contributed by atoms with van der Waals surface area (Å²) in [5.41, 5.74) is 1.21. The van der Waals surface area contributed by atoms with Gasteiger partial charge in [0.25, 0.3) is 0 Å². The van der Waals surface area contributed by atoms with E-state index >= 15 is 0 Å². The number of nitrogens with two attached hydrogens (primary N) is 1. The molecular formula is C6H12N+. The molecule has 1 heteroatoms. The average Bonchev–Trinajstić information content (AvgIpc) is 1.68. The molecule has 0 heterocycles. The SMILES string of the molecule is C=CC(C)=C[NH2+]C. The van der Waals surface area contributed by atoms with E-state index in [1.807, 2.05) is 31.6 Å². The van der Waals surface area contributed by atoms with Crippen molar-refractivity contribution in [3.63, 3.8) is 0 Å². The van der Waals surface area contributed by atoms with Crippen molar-refractivity contribution in [1.82, 2.24) is 0 Å². The molecule has 0 saturated carbocycles. The van der Waals surface area contributed by atoms with Crippen molar-refractivity contribution in [2.24, 2.45) is 0 Å². The van der Waals surface area contributed by atoms with Gasteiger partial charge in [0.05, 0.1) is 13.2 Å². The summed E-state index contributed by atoms with van der Waals surface area (Å²) in [6, 6.07) is 0. The second kappa shape index (κ2) is 3.62. The first-order valence-corrected chi connectivity index (χ1v) is 2.40. The van der Waals surface area contributed by atoms with Crippen LogP contribution in [-0.4, -0.2) is 7.05 Å². The summed E-state index contributed by atoms with van der Waals surface area (Å²) < 4.78 is 0. The van der Waals surface area contributed by atoms with E-state index in [2.05, 4.69) is 6.58 Å². The Labute approximate surface area is 44.7 Å². The molecule has 7 heavy (non-hydrogen) atoms. The summed E-state index contributed by atoms with van der Waals surface area (Å²) in [5.74, 6) is 0. The van der Waals surface area contributed by atoms with Crippen LogP contribution in [0.3, 0.4) is 0 Å². The van der Waals surface area contributed by atoms with Gasteiger partial charge in [0.2, 0.25) is 0 Å². The maximum atomic E-state index is 3.59. The second-order valence-corrected chi connectivity index (χ2v) is 1.45. The third-order valence-electron chi connectivity index (χ3n) is 0.752. The van der Waals surface area contributed by atoms with Crippen molar-refractivity contribution in [2.45, 2.75) is 6.92 Å². The molecule has 0 saturated heterocycles. The first-order valence-electron chi connectivity index (χ1n) is 2.40. The standard InChI is InChI=1S/C6H11N/c1-4-6(2)5-7-3/h4-5,7H,1H2,2-3H3/p+1. The van der Waals surface area contributed by atoms with Gasteiger partial charge in [-0.15, -0.1) is 0 Å². The van der Waals surface area contributed by atoms with E-state index in [-0.39, 0.29) is 0 Å². The lowest BCUT2D eigenvalue weighted by Crippen LogP contribution is -2.72. The predicted octanol–water partition coefficient (Wildman–Crippen LogP) is 0.269. The minimum absolute atomic E-state index is 1.21. The Morgan fingerprint density at radius 1 is 1.71 bits per heavy atom. The van der Waals surface area contributed by atoms with Crippen LogP contribution in [0.2, 0.25) is 0 Å². The highest BCUT2D eigenvalue weighted by molar-refractivity contribution is 5.08. The van der Waals surface area contributed by atoms with Gasteiger partial charge in [0, 0.05) is 5.57 Å². The second-order valence-electron chi connectivity index (χ2n) is 1.45. The highest BCUT2D eigenvalue weighted by Crippen LogP contribution is 1.84. The predicted molar refractivity (Wildman–Crippen MR) is 31.8 cm³/mol. The lowest BCUT2D eigenvalue weighted by Gasteiger charge is -1.81. The first-order chi connectivity index (χ1) is 3.31. The Bertz CT molecular complexity index is 82.2. The molecule has 0 aromatic carbocycles. The van der Waals surface area contributed by atoms with Gasteiger partial charge in [0.15, 0.2) is 0 Å². The highest BCUT2D eigenvalue weighted by Gasteiger charge is 1.74. The van der Waals surface area contributed by atoms with Crippen LogP contribution in [0.1, 0.15) is 6.92 Å². The van der Waals surface area contributed by atoms with Crippen molar-refractivity contribution in [2.75, 3.05) is 7.05 Å². The molecule has 0 atom stereocenters. The van der Waals surface area contributed by atoms with Crippen molar-refractivity contribution in [3.05, 3.63) is 24.4 Å². The number of allylic oxidation sites excluding steroid dienone is 2. The van der Waals surface area contributed by atoms with Gasteiger partial charge >= 0.3 is 0 Å². The van der Waals surface area contributed by atoms with E-state index in [4.69, 9.17) is 0 Å². The maximum absolute atomic E-state index is 3.59. The van der Waals surface area contributed by atoms with E-state index in [0.29, 0.717) is 0 Å². The fourth-order valence-electron chi connectivity index (χ4n) is 0.331. The molecule has 0 radical (unpaired) electrons. The van der Waals surface area contributed by atoms with Gasteiger partial charge < -0.3 is 5.32 Å². The molecule has 0 spiro atoms. The zero-order chi connectivity index (χ0) is 5.70. The first kappa shape index (κ1) is 6.44. The van der Waals surface area contributed by atoms with Crippen molar-refractivity contribution < 1.29 is 5.32 Å². The van der Waals surface area contributed by atoms with Crippen LogP contribution < -0.4 is 5.32 Å². The van der Waals surface area contributed by atoms with E-state index in [1.54, 1.807) is 0 Å². The van der Waals surface area contributed by atoms with Crippen LogP contribution in [0.15, 0.2) is 24.4 Å². The molecule has 40 valence electrons. The summed E-state index contributed by atoms with van der Waals surface area (Å²) in [6.07, 6.45) is 3.85. The summed E-state index contributed by atoms with van der Waals surface area (Å²) >= 11 is 0. The molecule has 2 N–H and O–H groups in total. The lowest BCUT2D eigenvalue weighted by molar-refractivity contribution is -0.557. The molecular weight excluding hydrogens is 86.1 g/mol. The number of quaternary nitrogens is 1. The van der Waals surface area contributed by atoms with E-state index in [0.717, 1.165) is 0 Å². The normalized spacial score (nSPS) is 11.4. The molecule has 1 nitrogen and oxygen atoms in total. The minimum atomic E-state index is 1.21. The van der Waals surface area contributed by atoms with Crippen LogP contribution in [0.25, 0.3) is 0 Å². The Balaban J connectivity index is 3.49. The van der Waals surface area contributed by atoms with E-state index in [9.17, 15) is 0 Å². The molecule has 0 bridgehead atoms. The lowest BCUT2D eigenvalue weighted by atomic mass is 10.3. The highest BCUT2D eigenvalue weighted by atomic mass is 14.8. The van der Waals surface area contributed by atoms with Crippen LogP contribution in [0, 0.1) is 0 Å². The quantitative estimate of drug-likeness (QED) is 0.477.